The number of benzene rings is 1. The second-order valence-electron chi connectivity index (χ2n) is 8.11. The summed E-state index contributed by atoms with van der Waals surface area (Å²) in [7, 11) is 5.83. The molecular weight excluding hydrogens is 382 g/mol. The smallest absolute Gasteiger partial charge is 0.136 e. The van der Waals surface area contributed by atoms with Gasteiger partial charge in [-0.3, -0.25) is 4.99 Å². The molecule has 0 aliphatic heterocycles. The molecule has 1 fully saturated rings. The predicted molar refractivity (Wildman–Crippen MR) is 133 cm³/mol. The van der Waals surface area contributed by atoms with Gasteiger partial charge in [0.25, 0.3) is 0 Å². The molecule has 1 aliphatic carbocycles. The molecule has 3 N–H and O–H groups in total. The van der Waals surface area contributed by atoms with Crippen LogP contribution in [0, 0.1) is 0 Å². The third kappa shape index (κ3) is 5.50. The second-order valence-corrected chi connectivity index (χ2v) is 8.11. The third-order valence-corrected chi connectivity index (χ3v) is 5.36. The minimum atomic E-state index is 0.275. The van der Waals surface area contributed by atoms with E-state index in [2.05, 4.69) is 59.5 Å². The molecule has 0 spiro atoms. The summed E-state index contributed by atoms with van der Waals surface area (Å²) in [6.07, 6.45) is 9.87. The van der Waals surface area contributed by atoms with Crippen LogP contribution in [0.2, 0.25) is 0 Å². The molecular formula is C26H33N5. The van der Waals surface area contributed by atoms with Crippen LogP contribution in [0.3, 0.4) is 0 Å². The van der Waals surface area contributed by atoms with Crippen molar-refractivity contribution in [1.82, 2.24) is 9.88 Å². The maximum Gasteiger partial charge on any atom is 0.136 e. The Morgan fingerprint density at radius 2 is 2.03 bits per heavy atom. The van der Waals surface area contributed by atoms with Crippen LogP contribution in [0.15, 0.2) is 72.4 Å². The van der Waals surface area contributed by atoms with Gasteiger partial charge in [-0.15, -0.1) is 0 Å². The van der Waals surface area contributed by atoms with E-state index in [4.69, 9.17) is 10.7 Å². The topological polar surface area (TPSA) is 66.5 Å². The number of nitrogens with two attached hydrogens (primary N) is 1. The van der Waals surface area contributed by atoms with Gasteiger partial charge in [0.15, 0.2) is 0 Å². The number of aromatic nitrogens is 1. The predicted octanol–water partition coefficient (Wildman–Crippen LogP) is 4.73. The molecule has 31 heavy (non-hydrogen) atoms. The summed E-state index contributed by atoms with van der Waals surface area (Å²) in [6, 6.07) is 13.2. The normalized spacial score (nSPS) is 19.3. The lowest BCUT2D eigenvalue weighted by molar-refractivity contribution is 0.373. The van der Waals surface area contributed by atoms with E-state index in [1.165, 1.54) is 0 Å². The molecule has 0 amide bonds. The molecule has 1 aliphatic rings. The van der Waals surface area contributed by atoms with Crippen molar-refractivity contribution in [3.63, 3.8) is 0 Å². The van der Waals surface area contributed by atoms with Gasteiger partial charge in [0.1, 0.15) is 5.82 Å². The highest BCUT2D eigenvalue weighted by Gasteiger charge is 2.27. The summed E-state index contributed by atoms with van der Waals surface area (Å²) in [5.74, 6) is 0.853. The van der Waals surface area contributed by atoms with Gasteiger partial charge in [0.05, 0.1) is 11.4 Å². The minimum Gasteiger partial charge on any atom is -0.383 e. The summed E-state index contributed by atoms with van der Waals surface area (Å²) in [6.45, 7) is 5.96. The number of pyridine rings is 1. The van der Waals surface area contributed by atoms with Gasteiger partial charge in [-0.2, -0.15) is 0 Å². The molecule has 1 heterocycles. The summed E-state index contributed by atoms with van der Waals surface area (Å²) in [5.41, 5.74) is 12.1. The van der Waals surface area contributed by atoms with Gasteiger partial charge in [-0.25, -0.2) is 4.98 Å². The van der Waals surface area contributed by atoms with Crippen molar-refractivity contribution < 1.29 is 0 Å². The Labute approximate surface area is 186 Å². The first kappa shape index (κ1) is 22.5. The van der Waals surface area contributed by atoms with E-state index in [9.17, 15) is 0 Å². The lowest BCUT2D eigenvalue weighted by Crippen LogP contribution is -2.44. The molecule has 0 atom stereocenters. The summed E-state index contributed by atoms with van der Waals surface area (Å²) in [4.78, 5) is 11.5. The van der Waals surface area contributed by atoms with Crippen LogP contribution in [-0.4, -0.2) is 48.8 Å². The van der Waals surface area contributed by atoms with Crippen LogP contribution in [0.25, 0.3) is 16.8 Å². The van der Waals surface area contributed by atoms with Crippen LogP contribution < -0.4 is 11.1 Å². The van der Waals surface area contributed by atoms with E-state index >= 15 is 0 Å². The fourth-order valence-corrected chi connectivity index (χ4v) is 3.73. The highest BCUT2D eigenvalue weighted by atomic mass is 15.0. The Morgan fingerprint density at radius 3 is 2.65 bits per heavy atom. The van der Waals surface area contributed by atoms with Crippen LogP contribution in [-0.2, 0) is 0 Å². The maximum absolute atomic E-state index is 6.00. The molecule has 0 unspecified atom stereocenters. The first-order chi connectivity index (χ1) is 14.9. The van der Waals surface area contributed by atoms with E-state index in [1.807, 2.05) is 51.2 Å². The quantitative estimate of drug-likeness (QED) is 0.483. The zero-order valence-corrected chi connectivity index (χ0v) is 19.0. The molecule has 3 rings (SSSR count). The third-order valence-electron chi connectivity index (χ3n) is 5.36. The van der Waals surface area contributed by atoms with Gasteiger partial charge in [0.2, 0.25) is 0 Å². The van der Waals surface area contributed by atoms with Crippen molar-refractivity contribution in [1.29, 1.82) is 0 Å². The molecule has 0 bridgehead atoms. The number of allylic oxidation sites excluding steroid dienone is 4. The average Bonchev–Trinajstić information content (AvgIpc) is 2.75. The number of hydrogen-bond acceptors (Lipinski definition) is 5. The molecule has 0 radical (unpaired) electrons. The lowest BCUT2D eigenvalue weighted by atomic mass is 9.87. The first-order valence-corrected chi connectivity index (χ1v) is 10.7. The zero-order valence-electron chi connectivity index (χ0n) is 19.0. The van der Waals surface area contributed by atoms with E-state index in [0.717, 1.165) is 52.3 Å². The average molecular weight is 416 g/mol. The van der Waals surface area contributed by atoms with E-state index < -0.39 is 0 Å². The number of rotatable bonds is 8. The van der Waals surface area contributed by atoms with Gasteiger partial charge < -0.3 is 16.0 Å². The van der Waals surface area contributed by atoms with E-state index in [-0.39, 0.29) is 6.04 Å². The number of anilines is 1. The number of nitrogens with one attached hydrogen (secondary N) is 1. The van der Waals surface area contributed by atoms with Crippen molar-refractivity contribution in [2.75, 3.05) is 26.5 Å². The van der Waals surface area contributed by atoms with E-state index in [0.29, 0.717) is 6.04 Å². The SMILES string of the molecule is C=C/C(=C\N(C)C)c1cccc(-c2ccc(C(/C=C\C)=NC)c(NC3CC(N)C3)n2)c1. The van der Waals surface area contributed by atoms with Gasteiger partial charge >= 0.3 is 0 Å². The van der Waals surface area contributed by atoms with Crippen molar-refractivity contribution in [3.05, 3.63) is 78.5 Å². The second kappa shape index (κ2) is 10.2. The summed E-state index contributed by atoms with van der Waals surface area (Å²) >= 11 is 0. The van der Waals surface area contributed by atoms with Gasteiger partial charge in [-0.05, 0) is 55.2 Å². The zero-order chi connectivity index (χ0) is 22.4. The highest BCUT2D eigenvalue weighted by Crippen LogP contribution is 2.29. The Kier molecular flexibility index (Phi) is 7.42. The number of aliphatic imine (C=N–C) groups is 1. The molecule has 2 aromatic rings. The van der Waals surface area contributed by atoms with Gasteiger partial charge in [-0.1, -0.05) is 36.9 Å². The molecule has 5 heteroatoms. The first-order valence-electron chi connectivity index (χ1n) is 10.7. The Morgan fingerprint density at radius 1 is 1.26 bits per heavy atom. The number of nitrogens with zero attached hydrogens (tertiary/aromatic N) is 3. The lowest BCUT2D eigenvalue weighted by Gasteiger charge is -2.34. The van der Waals surface area contributed by atoms with Crippen LogP contribution in [0.5, 0.6) is 0 Å². The minimum absolute atomic E-state index is 0.275. The molecule has 5 nitrogen and oxygen atoms in total. The fraction of sp³-hybridized carbons (Fsp3) is 0.308. The molecule has 162 valence electrons. The Balaban J connectivity index is 2.02. The van der Waals surface area contributed by atoms with Crippen molar-refractivity contribution >= 4 is 17.1 Å². The summed E-state index contributed by atoms with van der Waals surface area (Å²) in [5, 5.41) is 3.60. The van der Waals surface area contributed by atoms with Crippen molar-refractivity contribution in [2.45, 2.75) is 31.8 Å². The standard InChI is InChI=1S/C26H33N5/c1-6-9-25(28-3)23-12-13-24(30-26(23)29-22-15-21(27)16-22)20-11-8-10-19(14-20)18(7-2)17-31(4)5/h6-14,17,21-22H,2,15-16,27H2,1,3-5H3,(H,29,30)/b9-6-,18-17+,28-25?. The molecule has 0 saturated heterocycles. The summed E-state index contributed by atoms with van der Waals surface area (Å²) < 4.78 is 0. The van der Waals surface area contributed by atoms with E-state index in [1.54, 1.807) is 0 Å². The largest absolute Gasteiger partial charge is 0.383 e. The molecule has 1 aromatic carbocycles. The monoisotopic (exact) mass is 415 g/mol. The molecule has 1 saturated carbocycles. The maximum atomic E-state index is 6.00. The van der Waals surface area contributed by atoms with Crippen molar-refractivity contribution in [3.8, 4) is 11.3 Å². The van der Waals surface area contributed by atoms with Crippen LogP contribution in [0.1, 0.15) is 30.9 Å². The highest BCUT2D eigenvalue weighted by molar-refractivity contribution is 6.11. The number of hydrogen-bond donors (Lipinski definition) is 2. The Bertz CT molecular complexity index is 1010. The fourth-order valence-electron chi connectivity index (χ4n) is 3.73. The molecule has 1 aromatic heterocycles. The Hall–Kier alpha value is -3.18. The van der Waals surface area contributed by atoms with Crippen LogP contribution >= 0.6 is 0 Å². The van der Waals surface area contributed by atoms with Crippen LogP contribution in [0.4, 0.5) is 5.82 Å². The van der Waals surface area contributed by atoms with Gasteiger partial charge in [0, 0.05) is 50.6 Å². The van der Waals surface area contributed by atoms with Crippen molar-refractivity contribution in [2.24, 2.45) is 10.7 Å².